The minimum absolute atomic E-state index is 0.214. The molecule has 0 spiro atoms. The van der Waals surface area contributed by atoms with Crippen molar-refractivity contribution in [2.45, 2.75) is 19.3 Å². The van der Waals surface area contributed by atoms with Gasteiger partial charge in [-0.15, -0.1) is 0 Å². The Kier molecular flexibility index (Phi) is 5.11. The second-order valence-corrected chi connectivity index (χ2v) is 3.35. The number of hydrogen-bond donors (Lipinski definition) is 2. The minimum Gasteiger partial charge on any atom is -0.493 e. The number of rotatable bonds is 6. The Morgan fingerprint density at radius 1 is 1.44 bits per heavy atom. The van der Waals surface area contributed by atoms with E-state index in [1.54, 1.807) is 12.1 Å². The van der Waals surface area contributed by atoms with Crippen LogP contribution >= 0.6 is 0 Å². The van der Waals surface area contributed by atoms with Crippen molar-refractivity contribution in [3.05, 3.63) is 30.1 Å². The van der Waals surface area contributed by atoms with Gasteiger partial charge in [-0.25, -0.2) is 4.39 Å². The maximum atomic E-state index is 12.8. The molecule has 0 radical (unpaired) electrons. The van der Waals surface area contributed by atoms with Crippen molar-refractivity contribution in [1.29, 1.82) is 0 Å². The van der Waals surface area contributed by atoms with Crippen LogP contribution in [0.15, 0.2) is 29.4 Å². The molecule has 3 N–H and O–H groups in total. The summed E-state index contributed by atoms with van der Waals surface area (Å²) in [6.07, 6.45) is 2.07. The van der Waals surface area contributed by atoms with Gasteiger partial charge < -0.3 is 15.7 Å². The predicted molar refractivity (Wildman–Crippen MR) is 59.2 cm³/mol. The average Bonchev–Trinajstić information content (AvgIpc) is 2.28. The molecule has 0 amide bonds. The lowest BCUT2D eigenvalue weighted by atomic mass is 10.2. The smallest absolute Gasteiger partial charge is 0.139 e. The largest absolute Gasteiger partial charge is 0.493 e. The fourth-order valence-corrected chi connectivity index (χ4v) is 1.20. The van der Waals surface area contributed by atoms with Crippen molar-refractivity contribution >= 4 is 5.84 Å². The van der Waals surface area contributed by atoms with E-state index in [2.05, 4.69) is 5.16 Å². The van der Waals surface area contributed by atoms with Crippen molar-refractivity contribution < 1.29 is 14.3 Å². The molecule has 0 heterocycles. The van der Waals surface area contributed by atoms with E-state index >= 15 is 0 Å². The number of nitrogens with two attached hydrogens (primary N) is 1. The first-order valence-corrected chi connectivity index (χ1v) is 5.07. The van der Waals surface area contributed by atoms with Crippen LogP contribution in [0.25, 0.3) is 0 Å². The molecular formula is C11H15FN2O2. The maximum Gasteiger partial charge on any atom is 0.139 e. The summed E-state index contributed by atoms with van der Waals surface area (Å²) in [5.41, 5.74) is 5.30. The van der Waals surface area contributed by atoms with E-state index in [4.69, 9.17) is 15.7 Å². The second kappa shape index (κ2) is 6.66. The van der Waals surface area contributed by atoms with E-state index in [1.165, 1.54) is 12.1 Å². The number of ether oxygens (including phenoxy) is 1. The molecule has 0 aromatic heterocycles. The highest BCUT2D eigenvalue weighted by Crippen LogP contribution is 2.12. The van der Waals surface area contributed by atoms with Crippen LogP contribution in [0.2, 0.25) is 0 Å². The van der Waals surface area contributed by atoms with Gasteiger partial charge in [0.05, 0.1) is 6.61 Å². The summed E-state index contributed by atoms with van der Waals surface area (Å²) < 4.78 is 18.1. The van der Waals surface area contributed by atoms with E-state index in [9.17, 15) is 4.39 Å². The molecule has 0 saturated carbocycles. The standard InChI is InChI=1S/C11H15FN2O2/c12-9-4-3-5-10(8-9)16-7-2-1-6-11(13)14-15/h3-5,8,15H,1-2,6-7H2,(H2,13,14). The monoisotopic (exact) mass is 226 g/mol. The summed E-state index contributed by atoms with van der Waals surface area (Å²) >= 11 is 0. The van der Waals surface area contributed by atoms with E-state index in [0.717, 1.165) is 12.8 Å². The quantitative estimate of drug-likeness (QED) is 0.257. The zero-order chi connectivity index (χ0) is 11.8. The SMILES string of the molecule is NC(CCCCOc1cccc(F)c1)=NO. The number of halogens is 1. The Bertz CT molecular complexity index is 356. The normalized spacial score (nSPS) is 11.4. The first-order chi connectivity index (χ1) is 7.72. The summed E-state index contributed by atoms with van der Waals surface area (Å²) in [6, 6.07) is 6.00. The Balaban J connectivity index is 2.16. The van der Waals surface area contributed by atoms with Crippen LogP contribution < -0.4 is 10.5 Å². The lowest BCUT2D eigenvalue weighted by Gasteiger charge is -2.05. The molecule has 0 bridgehead atoms. The molecule has 1 aromatic rings. The summed E-state index contributed by atoms with van der Waals surface area (Å²) in [6.45, 7) is 0.488. The molecule has 1 rings (SSSR count). The number of benzene rings is 1. The van der Waals surface area contributed by atoms with Gasteiger partial charge in [0, 0.05) is 12.5 Å². The van der Waals surface area contributed by atoms with Crippen molar-refractivity contribution in [3.63, 3.8) is 0 Å². The van der Waals surface area contributed by atoms with Gasteiger partial charge in [0.25, 0.3) is 0 Å². The molecule has 0 unspecified atom stereocenters. The van der Waals surface area contributed by atoms with Crippen molar-refractivity contribution in [2.75, 3.05) is 6.61 Å². The maximum absolute atomic E-state index is 12.8. The number of hydrogen-bond acceptors (Lipinski definition) is 3. The van der Waals surface area contributed by atoms with E-state index in [1.807, 2.05) is 0 Å². The minimum atomic E-state index is -0.311. The Labute approximate surface area is 93.5 Å². The van der Waals surface area contributed by atoms with Gasteiger partial charge in [-0.05, 0) is 25.0 Å². The summed E-state index contributed by atoms with van der Waals surface area (Å²) in [5.74, 6) is 0.420. The molecule has 4 nitrogen and oxygen atoms in total. The first-order valence-electron chi connectivity index (χ1n) is 5.07. The zero-order valence-electron chi connectivity index (χ0n) is 8.90. The van der Waals surface area contributed by atoms with Crippen LogP contribution in [0.4, 0.5) is 4.39 Å². The van der Waals surface area contributed by atoms with Crippen LogP contribution in [0.3, 0.4) is 0 Å². The first kappa shape index (κ1) is 12.3. The molecule has 0 fully saturated rings. The van der Waals surface area contributed by atoms with E-state index in [0.29, 0.717) is 18.8 Å². The fourth-order valence-electron chi connectivity index (χ4n) is 1.20. The number of oxime groups is 1. The lowest BCUT2D eigenvalue weighted by molar-refractivity contribution is 0.303. The van der Waals surface area contributed by atoms with Crippen LogP contribution in [-0.4, -0.2) is 17.6 Å². The summed E-state index contributed by atoms with van der Waals surface area (Å²) in [7, 11) is 0. The van der Waals surface area contributed by atoms with E-state index < -0.39 is 0 Å². The highest BCUT2D eigenvalue weighted by molar-refractivity contribution is 5.79. The molecule has 5 heteroatoms. The third-order valence-corrected chi connectivity index (χ3v) is 2.02. The molecule has 88 valence electrons. The summed E-state index contributed by atoms with van der Waals surface area (Å²) in [4.78, 5) is 0. The third-order valence-electron chi connectivity index (χ3n) is 2.02. The topological polar surface area (TPSA) is 67.8 Å². The summed E-state index contributed by atoms with van der Waals surface area (Å²) in [5, 5.41) is 11.1. The van der Waals surface area contributed by atoms with Gasteiger partial charge in [-0.1, -0.05) is 11.2 Å². The second-order valence-electron chi connectivity index (χ2n) is 3.35. The molecule has 16 heavy (non-hydrogen) atoms. The van der Waals surface area contributed by atoms with Crippen LogP contribution in [0.1, 0.15) is 19.3 Å². The Morgan fingerprint density at radius 3 is 2.94 bits per heavy atom. The Hall–Kier alpha value is -1.78. The van der Waals surface area contributed by atoms with Crippen molar-refractivity contribution in [2.24, 2.45) is 10.9 Å². The van der Waals surface area contributed by atoms with Gasteiger partial charge in [-0.2, -0.15) is 0 Å². The van der Waals surface area contributed by atoms with Gasteiger partial charge in [0.2, 0.25) is 0 Å². The zero-order valence-corrected chi connectivity index (χ0v) is 8.90. The van der Waals surface area contributed by atoms with Crippen molar-refractivity contribution in [3.8, 4) is 5.75 Å². The number of unbranched alkanes of at least 4 members (excludes halogenated alkanes) is 1. The fraction of sp³-hybridized carbons (Fsp3) is 0.364. The molecule has 1 aromatic carbocycles. The average molecular weight is 226 g/mol. The molecule has 0 atom stereocenters. The molecule has 0 aliphatic heterocycles. The van der Waals surface area contributed by atoms with Crippen LogP contribution in [0, 0.1) is 5.82 Å². The van der Waals surface area contributed by atoms with Crippen molar-refractivity contribution in [1.82, 2.24) is 0 Å². The molecular weight excluding hydrogens is 211 g/mol. The van der Waals surface area contributed by atoms with Gasteiger partial charge in [0.1, 0.15) is 17.4 Å². The van der Waals surface area contributed by atoms with Gasteiger partial charge in [0.15, 0.2) is 0 Å². The molecule has 0 saturated heterocycles. The van der Waals surface area contributed by atoms with Gasteiger partial charge >= 0.3 is 0 Å². The van der Waals surface area contributed by atoms with Crippen LogP contribution in [-0.2, 0) is 0 Å². The van der Waals surface area contributed by atoms with Crippen LogP contribution in [0.5, 0.6) is 5.75 Å². The number of amidine groups is 1. The predicted octanol–water partition coefficient (Wildman–Crippen LogP) is 2.12. The van der Waals surface area contributed by atoms with Gasteiger partial charge in [-0.3, -0.25) is 0 Å². The lowest BCUT2D eigenvalue weighted by Crippen LogP contribution is -2.11. The molecule has 0 aliphatic carbocycles. The molecule has 0 aliphatic rings. The number of nitrogens with zero attached hydrogens (tertiary/aromatic N) is 1. The highest BCUT2D eigenvalue weighted by Gasteiger charge is 1.97. The highest BCUT2D eigenvalue weighted by atomic mass is 19.1. The van der Waals surface area contributed by atoms with E-state index in [-0.39, 0.29) is 11.7 Å². The Morgan fingerprint density at radius 2 is 2.25 bits per heavy atom. The third kappa shape index (κ3) is 4.63.